The molecule has 0 saturated heterocycles. The van der Waals surface area contributed by atoms with Crippen LogP contribution < -0.4 is 15.4 Å². The number of nitrogens with zero attached hydrogens (tertiary/aromatic N) is 2. The van der Waals surface area contributed by atoms with Crippen molar-refractivity contribution in [2.24, 2.45) is 0 Å². The van der Waals surface area contributed by atoms with Crippen LogP contribution in [0.5, 0.6) is 0 Å². The first-order chi connectivity index (χ1) is 14.9. The lowest BCUT2D eigenvalue weighted by Crippen LogP contribution is -2.37. The summed E-state index contributed by atoms with van der Waals surface area (Å²) in [6.07, 6.45) is -0.631. The summed E-state index contributed by atoms with van der Waals surface area (Å²) in [4.78, 5) is 27.8. The highest BCUT2D eigenvalue weighted by Crippen LogP contribution is 2.16. The van der Waals surface area contributed by atoms with Gasteiger partial charge in [-0.25, -0.2) is 17.9 Å². The molecular weight excluding hydrogens is 458 g/mol. The molecule has 176 valence electrons. The predicted molar refractivity (Wildman–Crippen MR) is 120 cm³/mol. The maximum atomic E-state index is 12.5. The van der Waals surface area contributed by atoms with Crippen molar-refractivity contribution < 1.29 is 27.3 Å². The number of nitrogens with one attached hydrogen (secondary N) is 3. The van der Waals surface area contributed by atoms with Gasteiger partial charge in [0.15, 0.2) is 5.82 Å². The Morgan fingerprint density at radius 3 is 2.62 bits per heavy atom. The molecule has 1 heterocycles. The number of sulfonamides is 1. The quantitative estimate of drug-likeness (QED) is 0.429. The van der Waals surface area contributed by atoms with Crippen LogP contribution in [0.4, 0.5) is 10.5 Å². The monoisotopic (exact) mass is 485 g/mol. The van der Waals surface area contributed by atoms with Crippen molar-refractivity contribution in [2.45, 2.75) is 43.9 Å². The van der Waals surface area contributed by atoms with Gasteiger partial charge in [-0.15, -0.1) is 11.8 Å². The molecule has 1 aromatic carbocycles. The number of thioether (sulfide) groups is 1. The number of carbonyl (C=O) groups is 2. The molecular formula is C19H27N5O6S2. The number of alkyl carbamates (subject to hydrolysis) is 1. The van der Waals surface area contributed by atoms with Crippen molar-refractivity contribution in [1.29, 1.82) is 0 Å². The summed E-state index contributed by atoms with van der Waals surface area (Å²) in [6.45, 7) is 6.91. The third kappa shape index (κ3) is 9.24. The summed E-state index contributed by atoms with van der Waals surface area (Å²) in [5, 5.41) is 8.88. The van der Waals surface area contributed by atoms with Crippen LogP contribution in [-0.4, -0.2) is 55.0 Å². The Kier molecular flexibility index (Phi) is 9.04. The highest BCUT2D eigenvalue weighted by Gasteiger charge is 2.17. The first kappa shape index (κ1) is 25.6. The summed E-state index contributed by atoms with van der Waals surface area (Å²) >= 11 is 1.30. The number of carbonyl (C=O) groups excluding carboxylic acids is 2. The van der Waals surface area contributed by atoms with Crippen LogP contribution in [0.1, 0.15) is 32.5 Å². The topological polar surface area (TPSA) is 153 Å². The zero-order valence-electron chi connectivity index (χ0n) is 18.3. The van der Waals surface area contributed by atoms with Crippen LogP contribution in [0.3, 0.4) is 0 Å². The molecule has 3 N–H and O–H groups in total. The van der Waals surface area contributed by atoms with Crippen molar-refractivity contribution in [2.75, 3.05) is 24.2 Å². The van der Waals surface area contributed by atoms with Crippen LogP contribution in [-0.2, 0) is 25.3 Å². The van der Waals surface area contributed by atoms with Gasteiger partial charge in [-0.1, -0.05) is 11.2 Å². The number of hydrogen-bond donors (Lipinski definition) is 3. The second kappa shape index (κ2) is 11.3. The minimum atomic E-state index is -3.83. The zero-order chi connectivity index (χ0) is 23.8. The maximum absolute atomic E-state index is 12.5. The summed E-state index contributed by atoms with van der Waals surface area (Å²) in [5.41, 5.74) is -0.292. The van der Waals surface area contributed by atoms with Gasteiger partial charge in [0.2, 0.25) is 21.8 Å². The molecule has 0 aliphatic rings. The second-order valence-corrected chi connectivity index (χ2v) is 10.4. The highest BCUT2D eigenvalue weighted by atomic mass is 32.2. The van der Waals surface area contributed by atoms with Crippen LogP contribution in [0.2, 0.25) is 0 Å². The normalized spacial score (nSPS) is 11.8. The number of hydrogen-bond acceptors (Lipinski definition) is 9. The van der Waals surface area contributed by atoms with E-state index in [4.69, 9.17) is 9.26 Å². The number of anilines is 1. The first-order valence-electron chi connectivity index (χ1n) is 9.68. The van der Waals surface area contributed by atoms with E-state index < -0.39 is 21.7 Å². The largest absolute Gasteiger partial charge is 0.444 e. The fourth-order valence-corrected chi connectivity index (χ4v) is 4.06. The Bertz CT molecular complexity index is 1030. The molecule has 11 nitrogen and oxygen atoms in total. The van der Waals surface area contributed by atoms with Crippen LogP contribution in [0.25, 0.3) is 0 Å². The van der Waals surface area contributed by atoms with Crippen molar-refractivity contribution in [1.82, 2.24) is 20.2 Å². The molecule has 0 aliphatic carbocycles. The molecule has 0 aliphatic heterocycles. The third-order valence-corrected chi connectivity index (χ3v) is 5.93. The molecule has 2 amide bonds. The average molecular weight is 486 g/mol. The zero-order valence-corrected chi connectivity index (χ0v) is 19.9. The smallest absolute Gasteiger partial charge is 0.407 e. The Balaban J connectivity index is 1.80. The highest BCUT2D eigenvalue weighted by molar-refractivity contribution is 7.99. The molecule has 32 heavy (non-hydrogen) atoms. The Morgan fingerprint density at radius 2 is 1.97 bits per heavy atom. The number of rotatable bonds is 10. The van der Waals surface area contributed by atoms with Crippen LogP contribution in [0, 0.1) is 6.92 Å². The van der Waals surface area contributed by atoms with E-state index in [0.717, 1.165) is 0 Å². The van der Waals surface area contributed by atoms with Crippen molar-refractivity contribution in [3.8, 4) is 0 Å². The van der Waals surface area contributed by atoms with E-state index >= 15 is 0 Å². The minimum Gasteiger partial charge on any atom is -0.444 e. The lowest BCUT2D eigenvalue weighted by molar-refractivity contribution is -0.113. The molecule has 0 bridgehead atoms. The number of ether oxygens (including phenoxy) is 1. The standard InChI is InChI=1S/C19H27N5O6S2/c1-13-22-16(24-30-13)11-31-12-17(25)23-14-6-5-7-15(10-14)32(27,28)21-9-8-20-18(26)29-19(2,3)4/h5-7,10,21H,8-9,11-12H2,1-4H3,(H,20,26)(H,23,25). The molecule has 0 spiro atoms. The fraction of sp³-hybridized carbons (Fsp3) is 0.474. The van der Waals surface area contributed by atoms with Gasteiger partial charge in [0, 0.05) is 25.7 Å². The molecule has 2 aromatic rings. The summed E-state index contributed by atoms with van der Waals surface area (Å²) in [5.74, 6) is 1.22. The van der Waals surface area contributed by atoms with Gasteiger partial charge in [-0.05, 0) is 39.0 Å². The van der Waals surface area contributed by atoms with Gasteiger partial charge in [0.1, 0.15) is 5.60 Å². The van der Waals surface area contributed by atoms with Gasteiger partial charge in [-0.2, -0.15) is 4.98 Å². The fourth-order valence-electron chi connectivity index (χ4n) is 2.32. The lowest BCUT2D eigenvalue weighted by atomic mass is 10.2. The Morgan fingerprint density at radius 1 is 1.22 bits per heavy atom. The molecule has 0 fully saturated rings. The van der Waals surface area contributed by atoms with E-state index in [0.29, 0.717) is 23.2 Å². The van der Waals surface area contributed by atoms with E-state index in [-0.39, 0.29) is 29.6 Å². The summed E-state index contributed by atoms with van der Waals surface area (Å²) < 4.78 is 37.3. The molecule has 13 heteroatoms. The summed E-state index contributed by atoms with van der Waals surface area (Å²) in [7, 11) is -3.83. The number of aryl methyl sites for hydroxylation is 1. The van der Waals surface area contributed by atoms with Gasteiger partial charge in [-0.3, -0.25) is 4.79 Å². The van der Waals surface area contributed by atoms with Crippen LogP contribution >= 0.6 is 11.8 Å². The molecule has 1 aromatic heterocycles. The van der Waals surface area contributed by atoms with Gasteiger partial charge < -0.3 is 19.9 Å². The van der Waals surface area contributed by atoms with E-state index in [1.165, 1.54) is 30.0 Å². The van der Waals surface area contributed by atoms with E-state index in [1.54, 1.807) is 33.8 Å². The van der Waals surface area contributed by atoms with E-state index in [2.05, 4.69) is 25.5 Å². The second-order valence-electron chi connectivity index (χ2n) is 7.62. The van der Waals surface area contributed by atoms with Crippen LogP contribution in [0.15, 0.2) is 33.7 Å². The van der Waals surface area contributed by atoms with Gasteiger partial charge >= 0.3 is 6.09 Å². The summed E-state index contributed by atoms with van der Waals surface area (Å²) in [6, 6.07) is 5.88. The van der Waals surface area contributed by atoms with Crippen molar-refractivity contribution in [3.63, 3.8) is 0 Å². The predicted octanol–water partition coefficient (Wildman–Crippen LogP) is 2.05. The Hall–Kier alpha value is -2.64. The third-order valence-electron chi connectivity index (χ3n) is 3.55. The van der Waals surface area contributed by atoms with E-state index in [9.17, 15) is 18.0 Å². The number of amides is 2. The van der Waals surface area contributed by atoms with Crippen molar-refractivity contribution >= 4 is 39.5 Å². The number of benzene rings is 1. The molecule has 0 radical (unpaired) electrons. The van der Waals surface area contributed by atoms with E-state index in [1.807, 2.05) is 0 Å². The minimum absolute atomic E-state index is 0.0116. The number of aromatic nitrogens is 2. The molecule has 2 rings (SSSR count). The molecule has 0 atom stereocenters. The average Bonchev–Trinajstić information content (AvgIpc) is 3.09. The first-order valence-corrected chi connectivity index (χ1v) is 12.3. The lowest BCUT2D eigenvalue weighted by Gasteiger charge is -2.19. The van der Waals surface area contributed by atoms with Gasteiger partial charge in [0.25, 0.3) is 0 Å². The molecule has 0 unspecified atom stereocenters. The molecule has 0 saturated carbocycles. The maximum Gasteiger partial charge on any atom is 0.407 e. The SMILES string of the molecule is Cc1nc(CSCC(=O)Nc2cccc(S(=O)(=O)NCCNC(=O)OC(C)(C)C)c2)no1. The van der Waals surface area contributed by atoms with Crippen molar-refractivity contribution in [3.05, 3.63) is 36.0 Å². The Labute approximate surface area is 191 Å². The van der Waals surface area contributed by atoms with Gasteiger partial charge in [0.05, 0.1) is 16.4 Å².